The van der Waals surface area contributed by atoms with Crippen molar-refractivity contribution in [1.82, 2.24) is 19.7 Å². The lowest BCUT2D eigenvalue weighted by atomic mass is 10.1. The number of ketones is 1. The van der Waals surface area contributed by atoms with Crippen molar-refractivity contribution < 1.29 is 14.3 Å². The molecule has 3 aromatic rings. The van der Waals surface area contributed by atoms with Gasteiger partial charge in [0.2, 0.25) is 5.91 Å². The molecule has 0 spiro atoms. The minimum Gasteiger partial charge on any atom is -0.494 e. The molecule has 2 heterocycles. The molecule has 144 valence electrons. The van der Waals surface area contributed by atoms with Crippen LogP contribution in [0.5, 0.6) is 5.75 Å². The highest BCUT2D eigenvalue weighted by atomic mass is 16.5. The molecule has 9 heteroatoms. The second-order valence-corrected chi connectivity index (χ2v) is 6.11. The molecule has 0 aliphatic heterocycles. The predicted octanol–water partition coefficient (Wildman–Crippen LogP) is 2.79. The molecule has 2 N–H and O–H groups in total. The van der Waals surface area contributed by atoms with E-state index in [1.165, 1.54) is 20.0 Å². The molecule has 3 rings (SSSR count). The molecule has 1 amide bonds. The number of ether oxygens (including phenoxy) is 1. The van der Waals surface area contributed by atoms with Crippen molar-refractivity contribution in [2.75, 3.05) is 17.7 Å². The number of para-hydroxylation sites is 1. The number of amides is 1. The molecule has 0 aliphatic rings. The number of nitrogens with one attached hydrogen (secondary N) is 2. The first-order valence-electron chi connectivity index (χ1n) is 8.47. The Morgan fingerprint density at radius 2 is 1.93 bits per heavy atom. The summed E-state index contributed by atoms with van der Waals surface area (Å²) in [5, 5.41) is 10.1. The Morgan fingerprint density at radius 3 is 2.54 bits per heavy atom. The van der Waals surface area contributed by atoms with Crippen LogP contribution in [0.2, 0.25) is 0 Å². The van der Waals surface area contributed by atoms with Crippen LogP contribution in [-0.2, 0) is 11.8 Å². The molecule has 1 aromatic carbocycles. The summed E-state index contributed by atoms with van der Waals surface area (Å²) in [6, 6.07) is 7.09. The van der Waals surface area contributed by atoms with Crippen molar-refractivity contribution in [2.45, 2.75) is 13.8 Å². The van der Waals surface area contributed by atoms with Crippen molar-refractivity contribution in [3.8, 4) is 17.1 Å². The van der Waals surface area contributed by atoms with E-state index < -0.39 is 0 Å². The molecule has 0 unspecified atom stereocenters. The van der Waals surface area contributed by atoms with Crippen LogP contribution in [0.3, 0.4) is 0 Å². The van der Waals surface area contributed by atoms with Gasteiger partial charge in [-0.15, -0.1) is 0 Å². The fourth-order valence-electron chi connectivity index (χ4n) is 2.73. The second-order valence-electron chi connectivity index (χ2n) is 6.11. The number of rotatable bonds is 6. The number of carbonyl (C=O) groups is 2. The van der Waals surface area contributed by atoms with Crippen LogP contribution in [0.25, 0.3) is 11.4 Å². The van der Waals surface area contributed by atoms with Crippen LogP contribution >= 0.6 is 0 Å². The highest BCUT2D eigenvalue weighted by Gasteiger charge is 2.17. The van der Waals surface area contributed by atoms with E-state index in [9.17, 15) is 9.59 Å². The van der Waals surface area contributed by atoms with Crippen LogP contribution in [-0.4, -0.2) is 38.5 Å². The second kappa shape index (κ2) is 7.87. The van der Waals surface area contributed by atoms with Crippen LogP contribution in [0.15, 0.2) is 36.8 Å². The Morgan fingerprint density at radius 1 is 1.14 bits per heavy atom. The van der Waals surface area contributed by atoms with Crippen LogP contribution in [0, 0.1) is 0 Å². The van der Waals surface area contributed by atoms with Gasteiger partial charge in [0, 0.05) is 26.2 Å². The van der Waals surface area contributed by atoms with Gasteiger partial charge >= 0.3 is 0 Å². The van der Waals surface area contributed by atoms with Crippen molar-refractivity contribution >= 4 is 28.9 Å². The standard InChI is InChI=1S/C19H20N6O3/c1-11(26)14-9-20-17(22-12(2)27)8-16(14)23-15-7-5-6-13(18(15)28-4)19-21-10-25(3)24-19/h5-10H,1-4H3,(H2,20,22,23,27). The Hall–Kier alpha value is -3.75. The lowest BCUT2D eigenvalue weighted by Crippen LogP contribution is -2.10. The zero-order chi connectivity index (χ0) is 20.3. The molecule has 0 saturated heterocycles. The topological polar surface area (TPSA) is 111 Å². The Kier molecular flexibility index (Phi) is 5.35. The van der Waals surface area contributed by atoms with Crippen LogP contribution < -0.4 is 15.4 Å². The van der Waals surface area contributed by atoms with E-state index in [1.54, 1.807) is 31.2 Å². The van der Waals surface area contributed by atoms with E-state index in [2.05, 4.69) is 25.7 Å². The summed E-state index contributed by atoms with van der Waals surface area (Å²) < 4.78 is 7.19. The fourth-order valence-corrected chi connectivity index (χ4v) is 2.73. The number of benzene rings is 1. The van der Waals surface area contributed by atoms with E-state index in [0.717, 1.165) is 0 Å². The van der Waals surface area contributed by atoms with E-state index in [-0.39, 0.29) is 11.7 Å². The Bertz CT molecular complexity index is 1040. The smallest absolute Gasteiger partial charge is 0.222 e. The molecule has 0 bridgehead atoms. The number of nitrogens with zero attached hydrogens (tertiary/aromatic N) is 4. The third-order valence-electron chi connectivity index (χ3n) is 3.92. The minimum atomic E-state index is -0.255. The van der Waals surface area contributed by atoms with E-state index >= 15 is 0 Å². The maximum atomic E-state index is 12.0. The molecule has 28 heavy (non-hydrogen) atoms. The lowest BCUT2D eigenvalue weighted by Gasteiger charge is -2.16. The summed E-state index contributed by atoms with van der Waals surface area (Å²) in [6.45, 7) is 2.84. The maximum Gasteiger partial charge on any atom is 0.222 e. The van der Waals surface area contributed by atoms with E-state index in [0.29, 0.717) is 39.9 Å². The summed E-state index contributed by atoms with van der Waals surface area (Å²) in [4.78, 5) is 31.7. The monoisotopic (exact) mass is 380 g/mol. The van der Waals surface area contributed by atoms with Gasteiger partial charge in [0.15, 0.2) is 17.4 Å². The van der Waals surface area contributed by atoms with Crippen LogP contribution in [0.1, 0.15) is 24.2 Å². The van der Waals surface area contributed by atoms with Gasteiger partial charge in [-0.2, -0.15) is 5.10 Å². The first-order valence-corrected chi connectivity index (χ1v) is 8.47. The molecular weight excluding hydrogens is 360 g/mol. The van der Waals surface area contributed by atoms with Gasteiger partial charge in [0.1, 0.15) is 12.1 Å². The Balaban J connectivity index is 2.06. The number of methoxy groups -OCH3 is 1. The van der Waals surface area contributed by atoms with Gasteiger partial charge in [0.25, 0.3) is 0 Å². The van der Waals surface area contributed by atoms with Gasteiger partial charge in [-0.1, -0.05) is 6.07 Å². The summed E-state index contributed by atoms with van der Waals surface area (Å²) in [5.41, 5.74) is 2.21. The average Bonchev–Trinajstić information content (AvgIpc) is 3.07. The number of anilines is 3. The first kappa shape index (κ1) is 19.0. The average molecular weight is 380 g/mol. The Labute approximate surface area is 161 Å². The maximum absolute atomic E-state index is 12.0. The quantitative estimate of drug-likeness (QED) is 0.633. The number of pyridine rings is 1. The third-order valence-corrected chi connectivity index (χ3v) is 3.92. The van der Waals surface area contributed by atoms with Crippen molar-refractivity contribution in [3.05, 3.63) is 42.4 Å². The number of carbonyl (C=O) groups excluding carboxylic acids is 2. The van der Waals surface area contributed by atoms with Gasteiger partial charge in [0.05, 0.1) is 29.6 Å². The van der Waals surface area contributed by atoms with Gasteiger partial charge < -0.3 is 15.4 Å². The molecule has 0 atom stereocenters. The SMILES string of the molecule is COc1c(Nc2cc(NC(C)=O)ncc2C(C)=O)cccc1-c1ncn(C)n1. The summed E-state index contributed by atoms with van der Waals surface area (Å²) >= 11 is 0. The third kappa shape index (κ3) is 3.98. The summed E-state index contributed by atoms with van der Waals surface area (Å²) in [7, 11) is 3.33. The summed E-state index contributed by atoms with van der Waals surface area (Å²) in [5.74, 6) is 0.965. The fraction of sp³-hybridized carbons (Fsp3) is 0.211. The molecule has 0 saturated carbocycles. The zero-order valence-electron chi connectivity index (χ0n) is 16.0. The largest absolute Gasteiger partial charge is 0.494 e. The van der Waals surface area contributed by atoms with Crippen molar-refractivity contribution in [1.29, 1.82) is 0 Å². The highest BCUT2D eigenvalue weighted by molar-refractivity contribution is 6.01. The molecule has 9 nitrogen and oxygen atoms in total. The van der Waals surface area contributed by atoms with E-state index in [4.69, 9.17) is 4.74 Å². The minimum absolute atomic E-state index is 0.161. The number of hydrogen-bond donors (Lipinski definition) is 2. The van der Waals surface area contributed by atoms with E-state index in [1.807, 2.05) is 18.2 Å². The van der Waals surface area contributed by atoms with Crippen molar-refractivity contribution in [3.63, 3.8) is 0 Å². The lowest BCUT2D eigenvalue weighted by molar-refractivity contribution is -0.114. The summed E-state index contributed by atoms with van der Waals surface area (Å²) in [6.07, 6.45) is 3.03. The van der Waals surface area contributed by atoms with Gasteiger partial charge in [-0.05, 0) is 19.1 Å². The number of aromatic nitrogens is 4. The molecule has 0 aliphatic carbocycles. The highest BCUT2D eigenvalue weighted by Crippen LogP contribution is 2.37. The number of hydrogen-bond acceptors (Lipinski definition) is 7. The number of Topliss-reactive ketones (excluding diaryl/α,β-unsaturated/α-hetero) is 1. The first-order chi connectivity index (χ1) is 13.4. The predicted molar refractivity (Wildman–Crippen MR) is 105 cm³/mol. The van der Waals surface area contributed by atoms with Crippen molar-refractivity contribution in [2.24, 2.45) is 7.05 Å². The molecule has 0 fully saturated rings. The zero-order valence-corrected chi connectivity index (χ0v) is 16.0. The molecular formula is C19H20N6O3. The normalized spacial score (nSPS) is 10.4. The van der Waals surface area contributed by atoms with Gasteiger partial charge in [-0.25, -0.2) is 9.97 Å². The van der Waals surface area contributed by atoms with Gasteiger partial charge in [-0.3, -0.25) is 14.3 Å². The molecule has 2 aromatic heterocycles. The van der Waals surface area contributed by atoms with Crippen LogP contribution in [0.4, 0.5) is 17.2 Å². The number of aryl methyl sites for hydroxylation is 1. The molecule has 0 radical (unpaired) electrons.